The molecule has 1 aliphatic rings. The van der Waals surface area contributed by atoms with Crippen LogP contribution < -0.4 is 10.6 Å². The van der Waals surface area contributed by atoms with E-state index < -0.39 is 12.1 Å². The van der Waals surface area contributed by atoms with Crippen LogP contribution in [0.3, 0.4) is 0 Å². The first-order chi connectivity index (χ1) is 23.0. The van der Waals surface area contributed by atoms with Gasteiger partial charge in [0.05, 0.1) is 20.1 Å². The number of carbonyl (C=O) groups is 4. The zero-order chi connectivity index (χ0) is 34.6. The van der Waals surface area contributed by atoms with Crippen LogP contribution in [-0.2, 0) is 20.8 Å². The second-order valence-corrected chi connectivity index (χ2v) is 13.0. The number of hydrogen-bond donors (Lipinski definition) is 3. The van der Waals surface area contributed by atoms with Gasteiger partial charge in [-0.1, -0.05) is 102 Å². The summed E-state index contributed by atoms with van der Waals surface area (Å²) in [6, 6.07) is 18.5. The summed E-state index contributed by atoms with van der Waals surface area (Å²) in [5, 5.41) is 15.4. The quantitative estimate of drug-likeness (QED) is 0.121. The molecule has 12 heteroatoms. The number of hydrogen-bond acceptors (Lipinski definition) is 4. The molecule has 0 aliphatic carbocycles. The van der Waals surface area contributed by atoms with Crippen molar-refractivity contribution in [1.82, 2.24) is 15.5 Å². The molecule has 3 N–H and O–H groups in total. The Morgan fingerprint density at radius 2 is 1.33 bits per heavy atom. The van der Waals surface area contributed by atoms with Gasteiger partial charge in [0.2, 0.25) is 11.8 Å². The molecule has 1 fully saturated rings. The molecular formula is C36H35Cl4N3O5. The lowest BCUT2D eigenvalue weighted by atomic mass is 9.93. The zero-order valence-electron chi connectivity index (χ0n) is 26.0. The van der Waals surface area contributed by atoms with Crippen LogP contribution in [0.15, 0.2) is 77.9 Å². The molecule has 3 aromatic carbocycles. The first-order valence-corrected chi connectivity index (χ1v) is 17.0. The SMILES string of the molecule is O=C(O)NCCCCCCC(=O)NC(Cc1ccccc1)C(=O)N1CC(=Cc2ccc(Cl)c(Cl)c2)C(=O)C(=Cc2ccc(Cl)c(Cl)c2)C1. The highest BCUT2D eigenvalue weighted by molar-refractivity contribution is 6.42. The third kappa shape index (κ3) is 11.1. The van der Waals surface area contributed by atoms with E-state index in [0.717, 1.165) is 18.4 Å². The third-order valence-electron chi connectivity index (χ3n) is 7.71. The first kappa shape index (κ1) is 37.0. The van der Waals surface area contributed by atoms with Gasteiger partial charge in [-0.3, -0.25) is 14.4 Å². The summed E-state index contributed by atoms with van der Waals surface area (Å²) in [7, 11) is 0. The lowest BCUT2D eigenvalue weighted by Crippen LogP contribution is -2.52. The Bertz CT molecular complexity index is 1640. The lowest BCUT2D eigenvalue weighted by Gasteiger charge is -2.33. The summed E-state index contributed by atoms with van der Waals surface area (Å²) in [6.45, 7) is 0.390. The van der Waals surface area contributed by atoms with Gasteiger partial charge in [0.1, 0.15) is 6.04 Å². The third-order valence-corrected chi connectivity index (χ3v) is 9.19. The summed E-state index contributed by atoms with van der Waals surface area (Å²) in [5.41, 5.74) is 2.88. The van der Waals surface area contributed by atoms with Crippen LogP contribution >= 0.6 is 46.4 Å². The Morgan fingerprint density at radius 3 is 1.88 bits per heavy atom. The molecule has 252 valence electrons. The Balaban J connectivity index is 1.58. The monoisotopic (exact) mass is 729 g/mol. The Labute approximate surface area is 299 Å². The van der Waals surface area contributed by atoms with E-state index in [4.69, 9.17) is 51.5 Å². The fourth-order valence-corrected chi connectivity index (χ4v) is 5.91. The molecule has 1 atom stereocenters. The number of likely N-dealkylation sites (tertiary alicyclic amines) is 1. The molecular weight excluding hydrogens is 696 g/mol. The molecule has 0 aromatic heterocycles. The van der Waals surface area contributed by atoms with Gasteiger partial charge in [0.25, 0.3) is 0 Å². The number of nitrogens with one attached hydrogen (secondary N) is 2. The fraction of sp³-hybridized carbons (Fsp3) is 0.278. The van der Waals surface area contributed by atoms with Gasteiger partial charge in [-0.25, -0.2) is 4.79 Å². The van der Waals surface area contributed by atoms with Crippen LogP contribution in [0.4, 0.5) is 4.79 Å². The Hall–Kier alpha value is -3.82. The van der Waals surface area contributed by atoms with Crippen molar-refractivity contribution in [2.75, 3.05) is 19.6 Å². The van der Waals surface area contributed by atoms with Crippen LogP contribution in [0.2, 0.25) is 20.1 Å². The van der Waals surface area contributed by atoms with Gasteiger partial charge in [0.15, 0.2) is 5.78 Å². The molecule has 4 rings (SSSR count). The second-order valence-electron chi connectivity index (χ2n) is 11.4. The van der Waals surface area contributed by atoms with E-state index in [1.165, 1.54) is 0 Å². The molecule has 1 saturated heterocycles. The van der Waals surface area contributed by atoms with Crippen molar-refractivity contribution in [2.45, 2.75) is 44.6 Å². The molecule has 1 heterocycles. The van der Waals surface area contributed by atoms with Crippen molar-refractivity contribution in [3.8, 4) is 0 Å². The van der Waals surface area contributed by atoms with E-state index in [9.17, 15) is 19.2 Å². The van der Waals surface area contributed by atoms with E-state index in [1.807, 2.05) is 30.3 Å². The number of amides is 3. The number of unbranched alkanes of at least 4 members (excludes halogenated alkanes) is 3. The number of piperidine rings is 1. The van der Waals surface area contributed by atoms with Crippen LogP contribution in [-0.4, -0.2) is 59.4 Å². The topological polar surface area (TPSA) is 116 Å². The minimum absolute atomic E-state index is 0.0160. The molecule has 0 saturated carbocycles. The van der Waals surface area contributed by atoms with Crippen molar-refractivity contribution in [1.29, 1.82) is 0 Å². The maximum atomic E-state index is 14.3. The maximum Gasteiger partial charge on any atom is 0.404 e. The number of halogens is 4. The average Bonchev–Trinajstić information content (AvgIpc) is 3.05. The second kappa shape index (κ2) is 18.1. The van der Waals surface area contributed by atoms with Gasteiger partial charge in [-0.05, 0) is 65.9 Å². The molecule has 48 heavy (non-hydrogen) atoms. The summed E-state index contributed by atoms with van der Waals surface area (Å²) in [5.74, 6) is -0.836. The van der Waals surface area contributed by atoms with E-state index in [1.54, 1.807) is 53.5 Å². The summed E-state index contributed by atoms with van der Waals surface area (Å²) < 4.78 is 0. The highest BCUT2D eigenvalue weighted by atomic mass is 35.5. The molecule has 0 radical (unpaired) electrons. The maximum absolute atomic E-state index is 14.3. The van der Waals surface area contributed by atoms with Gasteiger partial charge in [-0.15, -0.1) is 0 Å². The van der Waals surface area contributed by atoms with Crippen LogP contribution in [0.25, 0.3) is 12.2 Å². The largest absolute Gasteiger partial charge is 0.465 e. The van der Waals surface area contributed by atoms with E-state index in [0.29, 0.717) is 61.8 Å². The Kier molecular flexibility index (Phi) is 13.9. The van der Waals surface area contributed by atoms with E-state index in [2.05, 4.69) is 10.6 Å². The Morgan fingerprint density at radius 1 is 0.771 bits per heavy atom. The predicted octanol–water partition coefficient (Wildman–Crippen LogP) is 8.12. The number of rotatable bonds is 13. The van der Waals surface area contributed by atoms with Crippen molar-refractivity contribution >= 4 is 82.2 Å². The van der Waals surface area contributed by atoms with Crippen molar-refractivity contribution in [2.24, 2.45) is 0 Å². The average molecular weight is 732 g/mol. The summed E-state index contributed by atoms with van der Waals surface area (Å²) in [4.78, 5) is 53.3. The number of carboxylic acid groups (broad SMARTS) is 1. The standard InChI is InChI=1S/C36H35Cl4N3O5/c37-28-13-11-24(18-30(28)39)16-26-21-43(22-27(34(26)45)17-25-12-14-29(38)31(40)19-25)35(46)32(20-23-8-4-3-5-9-23)42-33(44)10-6-1-2-7-15-41-36(47)48/h3-5,8-9,11-14,16-19,32,41H,1-2,6-7,10,15,20-22H2,(H,42,44)(H,47,48). The van der Waals surface area contributed by atoms with Crippen LogP contribution in [0.1, 0.15) is 48.8 Å². The number of carbonyl (C=O) groups excluding carboxylic acids is 3. The molecule has 1 unspecified atom stereocenters. The smallest absolute Gasteiger partial charge is 0.404 e. The van der Waals surface area contributed by atoms with Gasteiger partial charge in [-0.2, -0.15) is 0 Å². The van der Waals surface area contributed by atoms with E-state index in [-0.39, 0.29) is 43.5 Å². The van der Waals surface area contributed by atoms with Crippen molar-refractivity contribution in [3.05, 3.63) is 115 Å². The van der Waals surface area contributed by atoms with Gasteiger partial charge >= 0.3 is 6.09 Å². The highest BCUT2D eigenvalue weighted by Crippen LogP contribution is 2.28. The number of ketones is 1. The molecule has 8 nitrogen and oxygen atoms in total. The van der Waals surface area contributed by atoms with Gasteiger partial charge < -0.3 is 20.6 Å². The fourth-order valence-electron chi connectivity index (χ4n) is 5.30. The number of benzene rings is 3. The molecule has 0 bridgehead atoms. The minimum Gasteiger partial charge on any atom is -0.465 e. The lowest BCUT2D eigenvalue weighted by molar-refractivity contribution is -0.136. The van der Waals surface area contributed by atoms with Crippen molar-refractivity contribution in [3.63, 3.8) is 0 Å². The number of Topliss-reactive ketones (excluding diaryl/α,β-unsaturated/α-hetero) is 1. The summed E-state index contributed by atoms with van der Waals surface area (Å²) in [6.07, 6.45) is 5.56. The molecule has 3 aromatic rings. The highest BCUT2D eigenvalue weighted by Gasteiger charge is 2.33. The molecule has 0 spiro atoms. The summed E-state index contributed by atoms with van der Waals surface area (Å²) >= 11 is 24.7. The van der Waals surface area contributed by atoms with Crippen LogP contribution in [0.5, 0.6) is 0 Å². The molecule has 3 amide bonds. The zero-order valence-corrected chi connectivity index (χ0v) is 29.0. The normalized spacial score (nSPS) is 15.4. The van der Waals surface area contributed by atoms with E-state index >= 15 is 0 Å². The minimum atomic E-state index is -1.06. The number of nitrogens with zero attached hydrogens (tertiary/aromatic N) is 1. The first-order valence-electron chi connectivity index (χ1n) is 15.4. The van der Waals surface area contributed by atoms with Gasteiger partial charge in [0, 0.05) is 43.6 Å². The van der Waals surface area contributed by atoms with Crippen molar-refractivity contribution < 1.29 is 24.3 Å². The molecule has 1 aliphatic heterocycles. The van der Waals surface area contributed by atoms with Crippen LogP contribution in [0, 0.1) is 0 Å². The predicted molar refractivity (Wildman–Crippen MR) is 192 cm³/mol.